The molecule has 0 spiro atoms. The number of rotatable bonds is 14. The molecule has 0 unspecified atom stereocenters. The SMILES string of the molecule is COc1cc(C=CC(=O)OC[C@H]2O[C@@H](O[C@H]3[C@H](Oc4cc5c(O[C@@H]6O[C@H](CO)[C@@H](O)[C@H](O)[C@H]6O)cc(=O)cc-5oc4-c4ccc(O)cc4)O[C@H](CO)[C@@H](O)[C@@H]3O)[C@@H](O)[C@@H](O)[C@@H]2O)ccc1O. The minimum absolute atomic E-state index is 0.0603. The van der Waals surface area contributed by atoms with Crippen LogP contribution in [0.1, 0.15) is 5.56 Å². The van der Waals surface area contributed by atoms with Crippen molar-refractivity contribution in [2.45, 2.75) is 92.1 Å². The van der Waals surface area contributed by atoms with Crippen LogP contribution in [0.3, 0.4) is 0 Å². The van der Waals surface area contributed by atoms with Gasteiger partial charge in [0.1, 0.15) is 91.0 Å². The first-order valence-corrected chi connectivity index (χ1v) is 20.3. The Morgan fingerprint density at radius 3 is 1.92 bits per heavy atom. The van der Waals surface area contributed by atoms with E-state index in [0.29, 0.717) is 5.56 Å². The van der Waals surface area contributed by atoms with Crippen LogP contribution < -0.4 is 19.6 Å². The Kier molecular flexibility index (Phi) is 15.1. The second-order valence-electron chi connectivity index (χ2n) is 15.5. The third-order valence-electron chi connectivity index (χ3n) is 11.0. The van der Waals surface area contributed by atoms with Gasteiger partial charge in [-0.1, -0.05) is 6.07 Å². The van der Waals surface area contributed by atoms with Gasteiger partial charge in [0.2, 0.25) is 12.6 Å². The lowest BCUT2D eigenvalue weighted by Gasteiger charge is -2.46. The maximum absolute atomic E-state index is 13.0. The quantitative estimate of drug-likeness (QED) is 0.0451. The molecular weight excluding hydrogens is 884 g/mol. The molecule has 12 N–H and O–H groups in total. The van der Waals surface area contributed by atoms with Crippen LogP contribution in [0.25, 0.3) is 28.7 Å². The van der Waals surface area contributed by atoms with Crippen molar-refractivity contribution in [1.82, 2.24) is 0 Å². The summed E-state index contributed by atoms with van der Waals surface area (Å²) in [5.41, 5.74) is -0.0802. The maximum atomic E-state index is 13.0. The summed E-state index contributed by atoms with van der Waals surface area (Å²) in [6, 6.07) is 12.9. The first-order valence-electron chi connectivity index (χ1n) is 20.3. The van der Waals surface area contributed by atoms with E-state index in [1.54, 1.807) is 0 Å². The van der Waals surface area contributed by atoms with Crippen molar-refractivity contribution in [3.8, 4) is 51.4 Å². The Labute approximate surface area is 372 Å². The molecule has 0 bridgehead atoms. The van der Waals surface area contributed by atoms with Crippen LogP contribution in [0.15, 0.2) is 76.0 Å². The molecule has 358 valence electrons. The highest BCUT2D eigenvalue weighted by molar-refractivity contribution is 5.87. The summed E-state index contributed by atoms with van der Waals surface area (Å²) in [5.74, 6) is -2.03. The number of methoxy groups -OCH3 is 1. The van der Waals surface area contributed by atoms with Crippen molar-refractivity contribution in [2.75, 3.05) is 26.9 Å². The summed E-state index contributed by atoms with van der Waals surface area (Å²) in [7, 11) is 1.34. The molecule has 3 saturated heterocycles. The third kappa shape index (κ3) is 10.2. The fourth-order valence-electron chi connectivity index (χ4n) is 7.37. The summed E-state index contributed by atoms with van der Waals surface area (Å²) >= 11 is 0. The number of phenols is 2. The van der Waals surface area contributed by atoms with Crippen LogP contribution in [-0.2, 0) is 28.5 Å². The van der Waals surface area contributed by atoms with E-state index in [1.165, 1.54) is 61.7 Å². The van der Waals surface area contributed by atoms with Gasteiger partial charge in [-0.2, -0.15) is 0 Å². The molecule has 4 heterocycles. The van der Waals surface area contributed by atoms with Crippen molar-refractivity contribution in [3.05, 3.63) is 82.5 Å². The van der Waals surface area contributed by atoms with Crippen molar-refractivity contribution < 1.29 is 108 Å². The van der Waals surface area contributed by atoms with E-state index in [0.717, 1.165) is 18.2 Å². The minimum Gasteiger partial charge on any atom is -0.508 e. The number of carbonyl (C=O) groups excluding carboxylic acids is 1. The lowest BCUT2D eigenvalue weighted by molar-refractivity contribution is -0.358. The molecule has 2 aromatic carbocycles. The van der Waals surface area contributed by atoms with Crippen molar-refractivity contribution in [3.63, 3.8) is 0 Å². The lowest BCUT2D eigenvalue weighted by atomic mass is 9.97. The number of carbonyl (C=O) groups is 1. The third-order valence-corrected chi connectivity index (χ3v) is 11.0. The molecule has 0 radical (unpaired) electrons. The number of phenolic OH excluding ortho intramolecular Hbond substituents is 2. The van der Waals surface area contributed by atoms with E-state index >= 15 is 0 Å². The predicted molar refractivity (Wildman–Crippen MR) is 218 cm³/mol. The van der Waals surface area contributed by atoms with E-state index in [2.05, 4.69) is 0 Å². The maximum Gasteiger partial charge on any atom is 0.330 e. The van der Waals surface area contributed by atoms with Crippen LogP contribution in [0, 0.1) is 0 Å². The van der Waals surface area contributed by atoms with Crippen molar-refractivity contribution >= 4 is 12.0 Å². The van der Waals surface area contributed by atoms with Gasteiger partial charge < -0.3 is 104 Å². The van der Waals surface area contributed by atoms with Crippen LogP contribution in [-0.4, -0.2) is 186 Å². The molecular formula is C43H48O23. The Morgan fingerprint density at radius 2 is 1.26 bits per heavy atom. The molecule has 15 atom stereocenters. The molecule has 7 rings (SSSR count). The Bertz CT molecular complexity index is 2330. The Hall–Kier alpha value is -5.48. The zero-order chi connectivity index (χ0) is 47.6. The highest BCUT2D eigenvalue weighted by atomic mass is 16.8. The van der Waals surface area contributed by atoms with E-state index in [1.807, 2.05) is 0 Å². The summed E-state index contributed by atoms with van der Waals surface area (Å²) < 4.78 is 51.5. The predicted octanol–water partition coefficient (Wildman–Crippen LogP) is -2.72. The highest BCUT2D eigenvalue weighted by Gasteiger charge is 2.52. The van der Waals surface area contributed by atoms with Gasteiger partial charge in [-0.15, -0.1) is 0 Å². The monoisotopic (exact) mass is 932 g/mol. The fraction of sp³-hybridized carbons (Fsp3) is 0.442. The van der Waals surface area contributed by atoms with Gasteiger partial charge >= 0.3 is 5.97 Å². The molecule has 0 amide bonds. The van der Waals surface area contributed by atoms with Gasteiger partial charge in [-0.05, 0) is 54.1 Å². The second-order valence-corrected chi connectivity index (χ2v) is 15.5. The molecule has 66 heavy (non-hydrogen) atoms. The summed E-state index contributed by atoms with van der Waals surface area (Å²) in [6.07, 6.45) is -24.9. The number of aromatic hydroxyl groups is 2. The topological polar surface area (TPSA) is 364 Å². The fourth-order valence-corrected chi connectivity index (χ4v) is 7.37. The summed E-state index contributed by atoms with van der Waals surface area (Å²) in [4.78, 5) is 25.6. The smallest absolute Gasteiger partial charge is 0.330 e. The summed E-state index contributed by atoms with van der Waals surface area (Å²) in [5, 5.41) is 126. The van der Waals surface area contributed by atoms with E-state index in [4.69, 9.17) is 42.3 Å². The molecule has 2 aromatic rings. The molecule has 1 aliphatic carbocycles. The number of esters is 1. The number of benzene rings is 3. The highest BCUT2D eigenvalue weighted by Crippen LogP contribution is 2.43. The molecule has 0 aromatic heterocycles. The number of aliphatic hydroxyl groups is 10. The first-order chi connectivity index (χ1) is 31.5. The number of hydrogen-bond donors (Lipinski definition) is 12. The zero-order valence-electron chi connectivity index (χ0n) is 34.6. The normalized spacial score (nSPS) is 32.6. The van der Waals surface area contributed by atoms with Crippen molar-refractivity contribution in [1.29, 1.82) is 0 Å². The average Bonchev–Trinajstić information content (AvgIpc) is 3.30. The van der Waals surface area contributed by atoms with Gasteiger partial charge in [-0.3, -0.25) is 4.79 Å². The summed E-state index contributed by atoms with van der Waals surface area (Å²) in [6.45, 7) is -2.38. The Balaban J connectivity index is 1.18. The van der Waals surface area contributed by atoms with Gasteiger partial charge in [0, 0.05) is 23.8 Å². The van der Waals surface area contributed by atoms with Crippen LogP contribution in [0.2, 0.25) is 0 Å². The molecule has 3 fully saturated rings. The number of ether oxygens (including phenoxy) is 8. The first kappa shape index (κ1) is 48.5. The molecule has 5 aliphatic rings. The van der Waals surface area contributed by atoms with E-state index < -0.39 is 123 Å². The van der Waals surface area contributed by atoms with Crippen LogP contribution in [0.5, 0.6) is 28.7 Å². The largest absolute Gasteiger partial charge is 0.508 e. The molecule has 23 nitrogen and oxygen atoms in total. The number of fused-ring (bicyclic) bond motifs is 1. The molecule has 4 aliphatic heterocycles. The number of hydrogen-bond acceptors (Lipinski definition) is 23. The number of aliphatic hydroxyl groups excluding tert-OH is 10. The standard InChI is InChI=1S/C43H48O23/c1-58-25-10-17(2-8-22(25)48)3-9-30(49)59-16-29-33(52)35(54)38(57)42(65-29)66-40-36(55)32(51)28(15-45)64-43(40)62-26-13-21-23(60-39(26)18-4-6-19(46)7-5-18)11-20(47)12-24(21)61-41-37(56)34(53)31(50)27(14-44)63-41/h2-13,27-29,31-38,40-46,48,50-57H,14-16H2,1H3/t27-,28-,29-,31-,32-,33-,34+,35+,36+,37-,38+,40-,41-,42+,43-/m1/s1. The van der Waals surface area contributed by atoms with Gasteiger partial charge in [-0.25, -0.2) is 4.79 Å². The molecule has 0 saturated carbocycles. The zero-order valence-corrected chi connectivity index (χ0v) is 34.6. The van der Waals surface area contributed by atoms with E-state index in [9.17, 15) is 70.9 Å². The Morgan fingerprint density at radius 1 is 0.652 bits per heavy atom. The van der Waals surface area contributed by atoms with Gasteiger partial charge in [0.15, 0.2) is 40.8 Å². The molecule has 23 heteroatoms. The van der Waals surface area contributed by atoms with Gasteiger partial charge in [0.25, 0.3) is 0 Å². The van der Waals surface area contributed by atoms with Gasteiger partial charge in [0.05, 0.1) is 25.9 Å². The van der Waals surface area contributed by atoms with E-state index in [-0.39, 0.29) is 51.4 Å². The average molecular weight is 933 g/mol. The van der Waals surface area contributed by atoms with Crippen LogP contribution in [0.4, 0.5) is 0 Å². The van der Waals surface area contributed by atoms with Crippen molar-refractivity contribution in [2.24, 2.45) is 0 Å². The minimum atomic E-state index is -2.05. The lowest BCUT2D eigenvalue weighted by Crippen LogP contribution is -2.65. The van der Waals surface area contributed by atoms with Crippen LogP contribution >= 0.6 is 0 Å². The second kappa shape index (κ2) is 20.6.